The van der Waals surface area contributed by atoms with Crippen LogP contribution in [0, 0.1) is 6.92 Å². The molecule has 2 aromatic carbocycles. The second kappa shape index (κ2) is 8.39. The molecule has 0 saturated heterocycles. The van der Waals surface area contributed by atoms with Crippen LogP contribution in [-0.2, 0) is 18.3 Å². The van der Waals surface area contributed by atoms with Crippen molar-refractivity contribution in [3.05, 3.63) is 64.3 Å². The number of nitrogens with zero attached hydrogens (tertiary/aromatic N) is 2. The van der Waals surface area contributed by atoms with Crippen LogP contribution in [0.3, 0.4) is 0 Å². The average molecular weight is 428 g/mol. The van der Waals surface area contributed by atoms with Crippen LogP contribution in [0.25, 0.3) is 11.1 Å². The predicted molar refractivity (Wildman–Crippen MR) is 111 cm³/mol. The Bertz CT molecular complexity index is 931. The highest BCUT2D eigenvalue weighted by atomic mass is 79.9. The summed E-state index contributed by atoms with van der Waals surface area (Å²) in [5, 5.41) is 7.38. The maximum atomic E-state index is 12.4. The molecule has 0 fully saturated rings. The summed E-state index contributed by atoms with van der Waals surface area (Å²) in [5.41, 5.74) is 3.99. The number of carbonyl (C=O) groups is 1. The largest absolute Gasteiger partial charge is 0.484 e. The van der Waals surface area contributed by atoms with Crippen LogP contribution in [0.2, 0.25) is 0 Å². The van der Waals surface area contributed by atoms with Gasteiger partial charge in [0.2, 0.25) is 0 Å². The average Bonchev–Trinajstić information content (AvgIpc) is 2.94. The maximum Gasteiger partial charge on any atom is 0.263 e. The maximum absolute atomic E-state index is 12.4. The first-order valence-electron chi connectivity index (χ1n) is 8.79. The van der Waals surface area contributed by atoms with E-state index in [0.29, 0.717) is 11.6 Å². The minimum atomic E-state index is -0.226. The van der Waals surface area contributed by atoms with Crippen LogP contribution in [0.5, 0.6) is 5.75 Å². The SMILES string of the molecule is CCc1ccc(OCC(=O)Nc2c(-c3ccc(Br)cc3)c(C)nn2C)cc1. The molecule has 6 heteroatoms. The zero-order valence-electron chi connectivity index (χ0n) is 15.6. The lowest BCUT2D eigenvalue weighted by Gasteiger charge is -2.10. The van der Waals surface area contributed by atoms with Crippen molar-refractivity contribution < 1.29 is 9.53 Å². The molecule has 0 spiro atoms. The van der Waals surface area contributed by atoms with Gasteiger partial charge in [0.15, 0.2) is 6.61 Å². The van der Waals surface area contributed by atoms with Crippen molar-refractivity contribution in [2.45, 2.75) is 20.3 Å². The number of nitrogens with one attached hydrogen (secondary N) is 1. The molecule has 0 aliphatic rings. The van der Waals surface area contributed by atoms with Gasteiger partial charge in [0.25, 0.3) is 5.91 Å². The smallest absolute Gasteiger partial charge is 0.263 e. The number of anilines is 1. The van der Waals surface area contributed by atoms with Crippen LogP contribution < -0.4 is 10.1 Å². The quantitative estimate of drug-likeness (QED) is 0.617. The highest BCUT2D eigenvalue weighted by Gasteiger charge is 2.17. The number of benzene rings is 2. The molecule has 1 N–H and O–H groups in total. The number of amides is 1. The summed E-state index contributed by atoms with van der Waals surface area (Å²) in [6.45, 7) is 3.97. The van der Waals surface area contributed by atoms with Gasteiger partial charge in [-0.15, -0.1) is 0 Å². The van der Waals surface area contributed by atoms with Gasteiger partial charge in [0.1, 0.15) is 11.6 Å². The van der Waals surface area contributed by atoms with Crippen molar-refractivity contribution in [1.82, 2.24) is 9.78 Å². The van der Waals surface area contributed by atoms with Crippen LogP contribution in [-0.4, -0.2) is 22.3 Å². The predicted octanol–water partition coefficient (Wildman–Crippen LogP) is 4.74. The van der Waals surface area contributed by atoms with Crippen molar-refractivity contribution in [2.24, 2.45) is 7.05 Å². The second-order valence-corrected chi connectivity index (χ2v) is 7.19. The Morgan fingerprint density at radius 2 is 1.81 bits per heavy atom. The molecule has 140 valence electrons. The van der Waals surface area contributed by atoms with E-state index in [0.717, 1.165) is 27.7 Å². The molecule has 5 nitrogen and oxygen atoms in total. The highest BCUT2D eigenvalue weighted by Crippen LogP contribution is 2.31. The Balaban J connectivity index is 1.72. The third-order valence-corrected chi connectivity index (χ3v) is 4.84. The fourth-order valence-electron chi connectivity index (χ4n) is 2.90. The number of hydrogen-bond acceptors (Lipinski definition) is 3. The van der Waals surface area contributed by atoms with E-state index < -0.39 is 0 Å². The molecule has 0 aliphatic heterocycles. The van der Waals surface area contributed by atoms with E-state index in [1.54, 1.807) is 4.68 Å². The number of aryl methyl sites for hydroxylation is 3. The minimum Gasteiger partial charge on any atom is -0.484 e. The van der Waals surface area contributed by atoms with Crippen molar-refractivity contribution in [3.8, 4) is 16.9 Å². The van der Waals surface area contributed by atoms with Crippen LogP contribution >= 0.6 is 15.9 Å². The van der Waals surface area contributed by atoms with Gasteiger partial charge < -0.3 is 10.1 Å². The van der Waals surface area contributed by atoms with Crippen LogP contribution in [0.15, 0.2) is 53.0 Å². The molecule has 0 radical (unpaired) electrons. The molecule has 0 unspecified atom stereocenters. The Morgan fingerprint density at radius 1 is 1.15 bits per heavy atom. The third kappa shape index (κ3) is 4.57. The van der Waals surface area contributed by atoms with Gasteiger partial charge in [0, 0.05) is 17.1 Å². The topological polar surface area (TPSA) is 56.1 Å². The summed E-state index contributed by atoms with van der Waals surface area (Å²) in [6.07, 6.45) is 0.972. The second-order valence-electron chi connectivity index (χ2n) is 6.27. The van der Waals surface area contributed by atoms with Gasteiger partial charge in [-0.05, 0) is 48.7 Å². The van der Waals surface area contributed by atoms with Gasteiger partial charge >= 0.3 is 0 Å². The van der Waals surface area contributed by atoms with E-state index >= 15 is 0 Å². The lowest BCUT2D eigenvalue weighted by Crippen LogP contribution is -2.22. The molecule has 0 saturated carbocycles. The van der Waals surface area contributed by atoms with Gasteiger partial charge in [-0.25, -0.2) is 0 Å². The minimum absolute atomic E-state index is 0.0600. The molecule has 3 rings (SSSR count). The normalized spacial score (nSPS) is 10.7. The molecule has 0 aliphatic carbocycles. The fraction of sp³-hybridized carbons (Fsp3) is 0.238. The molecule has 1 aromatic heterocycles. The van der Waals surface area contributed by atoms with Gasteiger partial charge in [-0.2, -0.15) is 5.10 Å². The first kappa shape index (κ1) is 19.2. The Labute approximate surface area is 167 Å². The first-order valence-corrected chi connectivity index (χ1v) is 9.58. The standard InChI is InChI=1S/C21H22BrN3O2/c1-4-15-5-11-18(12-6-15)27-13-19(26)23-21-20(14(2)24-25(21)3)16-7-9-17(22)10-8-16/h5-12H,4,13H2,1-3H3,(H,23,26). The monoisotopic (exact) mass is 427 g/mol. The van der Waals surface area contributed by atoms with Crippen LogP contribution in [0.4, 0.5) is 5.82 Å². The number of ether oxygens (including phenoxy) is 1. The van der Waals surface area contributed by atoms with Crippen molar-refractivity contribution in [1.29, 1.82) is 0 Å². The summed E-state index contributed by atoms with van der Waals surface area (Å²) >= 11 is 3.45. The van der Waals surface area contributed by atoms with E-state index in [1.807, 2.05) is 62.5 Å². The van der Waals surface area contributed by atoms with Crippen molar-refractivity contribution in [2.75, 3.05) is 11.9 Å². The van der Waals surface area contributed by atoms with Gasteiger partial charge in [-0.1, -0.05) is 47.1 Å². The van der Waals surface area contributed by atoms with E-state index in [1.165, 1.54) is 5.56 Å². The molecule has 0 bridgehead atoms. The number of carbonyl (C=O) groups excluding carboxylic acids is 1. The first-order chi connectivity index (χ1) is 13.0. The zero-order valence-corrected chi connectivity index (χ0v) is 17.2. The van der Waals surface area contributed by atoms with E-state index in [2.05, 4.69) is 33.3 Å². The molecule has 0 atom stereocenters. The molecular formula is C21H22BrN3O2. The Hall–Kier alpha value is -2.60. The number of aromatic nitrogens is 2. The lowest BCUT2D eigenvalue weighted by molar-refractivity contribution is -0.118. The van der Waals surface area contributed by atoms with Crippen molar-refractivity contribution in [3.63, 3.8) is 0 Å². The summed E-state index contributed by atoms with van der Waals surface area (Å²) in [6, 6.07) is 15.7. The molecule has 3 aromatic rings. The van der Waals surface area contributed by atoms with E-state index in [-0.39, 0.29) is 12.5 Å². The Kier molecular flexibility index (Phi) is 5.96. The van der Waals surface area contributed by atoms with E-state index in [9.17, 15) is 4.79 Å². The highest BCUT2D eigenvalue weighted by molar-refractivity contribution is 9.10. The molecular weight excluding hydrogens is 406 g/mol. The number of halogens is 1. The fourth-order valence-corrected chi connectivity index (χ4v) is 3.17. The summed E-state index contributed by atoms with van der Waals surface area (Å²) < 4.78 is 8.28. The number of rotatable bonds is 6. The zero-order chi connectivity index (χ0) is 19.4. The van der Waals surface area contributed by atoms with E-state index in [4.69, 9.17) is 4.74 Å². The molecule has 27 heavy (non-hydrogen) atoms. The van der Waals surface area contributed by atoms with Crippen LogP contribution in [0.1, 0.15) is 18.2 Å². The third-order valence-electron chi connectivity index (χ3n) is 4.31. The number of hydrogen-bond donors (Lipinski definition) is 1. The molecule has 1 heterocycles. The Morgan fingerprint density at radius 3 is 2.44 bits per heavy atom. The molecule has 1 amide bonds. The van der Waals surface area contributed by atoms with Crippen molar-refractivity contribution >= 4 is 27.7 Å². The van der Waals surface area contributed by atoms with Gasteiger partial charge in [0.05, 0.1) is 5.69 Å². The summed E-state index contributed by atoms with van der Waals surface area (Å²) in [5.74, 6) is 1.11. The summed E-state index contributed by atoms with van der Waals surface area (Å²) in [4.78, 5) is 12.4. The lowest BCUT2D eigenvalue weighted by atomic mass is 10.1. The summed E-state index contributed by atoms with van der Waals surface area (Å²) in [7, 11) is 1.81. The van der Waals surface area contributed by atoms with Gasteiger partial charge in [-0.3, -0.25) is 9.48 Å².